The zero-order chi connectivity index (χ0) is 15.8. The summed E-state index contributed by atoms with van der Waals surface area (Å²) in [6, 6.07) is 4.13. The Bertz CT molecular complexity index is 544. The van der Waals surface area contributed by atoms with Crippen LogP contribution in [0.3, 0.4) is 0 Å². The molecule has 4 nitrogen and oxygen atoms in total. The maximum atomic E-state index is 4.45. The number of thioether (sulfide) groups is 1. The predicted octanol–water partition coefficient (Wildman–Crippen LogP) is 3.44. The fraction of sp³-hybridized carbons (Fsp3) is 0.471. The van der Waals surface area contributed by atoms with Crippen LogP contribution < -0.4 is 0 Å². The van der Waals surface area contributed by atoms with Crippen molar-refractivity contribution < 1.29 is 0 Å². The summed E-state index contributed by atoms with van der Waals surface area (Å²) in [7, 11) is 2.13. The molecule has 0 aliphatic carbocycles. The Morgan fingerprint density at radius 1 is 1.14 bits per heavy atom. The third-order valence-corrected chi connectivity index (χ3v) is 4.70. The highest BCUT2D eigenvalue weighted by Gasteiger charge is 2.06. The molecule has 0 saturated heterocycles. The lowest BCUT2D eigenvalue weighted by atomic mass is 10.2. The van der Waals surface area contributed by atoms with Gasteiger partial charge in [-0.25, -0.2) is 9.97 Å². The average Bonchev–Trinajstić information content (AvgIpc) is 2.55. The summed E-state index contributed by atoms with van der Waals surface area (Å²) >= 11 is 1.74. The molecule has 5 heteroatoms. The third kappa shape index (κ3) is 5.73. The summed E-state index contributed by atoms with van der Waals surface area (Å²) in [6.45, 7) is 6.27. The van der Waals surface area contributed by atoms with Crippen molar-refractivity contribution in [1.82, 2.24) is 19.9 Å². The van der Waals surface area contributed by atoms with E-state index in [1.54, 1.807) is 11.8 Å². The van der Waals surface area contributed by atoms with Gasteiger partial charge in [0.05, 0.1) is 0 Å². The van der Waals surface area contributed by atoms with Gasteiger partial charge in [-0.2, -0.15) is 0 Å². The molecule has 0 aliphatic heterocycles. The number of rotatable bonds is 8. The fourth-order valence-electron chi connectivity index (χ4n) is 2.01. The van der Waals surface area contributed by atoms with Crippen LogP contribution in [0, 0.1) is 0 Å². The molecule has 2 heterocycles. The van der Waals surface area contributed by atoms with Crippen LogP contribution in [0.25, 0.3) is 0 Å². The minimum absolute atomic E-state index is 0.564. The maximum Gasteiger partial charge on any atom is 0.187 e. The Morgan fingerprint density at radius 2 is 1.82 bits per heavy atom. The summed E-state index contributed by atoms with van der Waals surface area (Å²) in [5.74, 6) is 0. The Labute approximate surface area is 137 Å². The number of aromatic nitrogens is 3. The predicted molar refractivity (Wildman–Crippen MR) is 91.9 cm³/mol. The first-order valence-corrected chi connectivity index (χ1v) is 8.60. The van der Waals surface area contributed by atoms with Gasteiger partial charge in [0, 0.05) is 48.7 Å². The highest BCUT2D eigenvalue weighted by molar-refractivity contribution is 7.99. The van der Waals surface area contributed by atoms with Gasteiger partial charge in [-0.1, -0.05) is 25.6 Å². The topological polar surface area (TPSA) is 41.9 Å². The lowest BCUT2D eigenvalue weighted by Gasteiger charge is -2.16. The van der Waals surface area contributed by atoms with Crippen LogP contribution in [0.15, 0.2) is 42.1 Å². The second-order valence-corrected chi connectivity index (χ2v) is 6.96. The SMILES string of the molecule is CCC(C)Sc1ncc(CN(C)CCc2ccncc2)cn1. The second kappa shape index (κ2) is 8.86. The third-order valence-electron chi connectivity index (χ3n) is 3.55. The summed E-state index contributed by atoms with van der Waals surface area (Å²) in [6.07, 6.45) is 9.74. The van der Waals surface area contributed by atoms with Crippen molar-refractivity contribution in [3.05, 3.63) is 48.0 Å². The van der Waals surface area contributed by atoms with Gasteiger partial charge in [0.2, 0.25) is 0 Å². The van der Waals surface area contributed by atoms with Gasteiger partial charge in [0.25, 0.3) is 0 Å². The van der Waals surface area contributed by atoms with E-state index in [1.807, 2.05) is 24.8 Å². The largest absolute Gasteiger partial charge is 0.302 e. The highest BCUT2D eigenvalue weighted by atomic mass is 32.2. The van der Waals surface area contributed by atoms with Crippen LogP contribution in [0.2, 0.25) is 0 Å². The molecule has 0 N–H and O–H groups in total. The normalized spacial score (nSPS) is 12.5. The summed E-state index contributed by atoms with van der Waals surface area (Å²) in [5.41, 5.74) is 2.48. The van der Waals surface area contributed by atoms with E-state index >= 15 is 0 Å². The van der Waals surface area contributed by atoms with Crippen molar-refractivity contribution in [3.8, 4) is 0 Å². The van der Waals surface area contributed by atoms with Crippen molar-refractivity contribution in [2.45, 2.75) is 43.6 Å². The average molecular weight is 316 g/mol. The van der Waals surface area contributed by atoms with Gasteiger partial charge >= 0.3 is 0 Å². The molecule has 0 aromatic carbocycles. The number of hydrogen-bond donors (Lipinski definition) is 0. The molecule has 2 aromatic heterocycles. The van der Waals surface area contributed by atoms with Crippen LogP contribution in [0.1, 0.15) is 31.4 Å². The smallest absolute Gasteiger partial charge is 0.187 e. The van der Waals surface area contributed by atoms with E-state index in [0.29, 0.717) is 5.25 Å². The summed E-state index contributed by atoms with van der Waals surface area (Å²) in [4.78, 5) is 15.2. The van der Waals surface area contributed by atoms with Gasteiger partial charge in [-0.15, -0.1) is 0 Å². The van der Waals surface area contributed by atoms with E-state index in [9.17, 15) is 0 Å². The molecule has 0 spiro atoms. The molecule has 22 heavy (non-hydrogen) atoms. The lowest BCUT2D eigenvalue weighted by Crippen LogP contribution is -2.21. The van der Waals surface area contributed by atoms with Gasteiger partial charge in [0.1, 0.15) is 0 Å². The van der Waals surface area contributed by atoms with Crippen molar-refractivity contribution >= 4 is 11.8 Å². The van der Waals surface area contributed by atoms with Gasteiger partial charge < -0.3 is 4.90 Å². The van der Waals surface area contributed by atoms with E-state index < -0.39 is 0 Å². The number of hydrogen-bond acceptors (Lipinski definition) is 5. The Kier molecular flexibility index (Phi) is 6.80. The van der Waals surface area contributed by atoms with E-state index in [-0.39, 0.29) is 0 Å². The molecule has 1 atom stereocenters. The zero-order valence-corrected chi connectivity index (χ0v) is 14.4. The van der Waals surface area contributed by atoms with Crippen molar-refractivity contribution in [2.24, 2.45) is 0 Å². The van der Waals surface area contributed by atoms with Crippen LogP contribution in [-0.4, -0.2) is 38.7 Å². The van der Waals surface area contributed by atoms with E-state index in [4.69, 9.17) is 0 Å². The molecular weight excluding hydrogens is 292 g/mol. The molecule has 0 aliphatic rings. The molecule has 0 radical (unpaired) electrons. The first-order chi connectivity index (χ1) is 10.7. The van der Waals surface area contributed by atoms with Crippen molar-refractivity contribution in [3.63, 3.8) is 0 Å². The molecule has 0 bridgehead atoms. The minimum Gasteiger partial charge on any atom is -0.302 e. The lowest BCUT2D eigenvalue weighted by molar-refractivity contribution is 0.330. The van der Waals surface area contributed by atoms with Crippen LogP contribution in [0.5, 0.6) is 0 Å². The zero-order valence-electron chi connectivity index (χ0n) is 13.6. The quantitative estimate of drug-likeness (QED) is 0.551. The molecule has 0 fully saturated rings. The van der Waals surface area contributed by atoms with Crippen LogP contribution >= 0.6 is 11.8 Å². The molecule has 0 amide bonds. The number of likely N-dealkylation sites (N-methyl/N-ethyl adjacent to an activating group) is 1. The van der Waals surface area contributed by atoms with Crippen molar-refractivity contribution in [1.29, 1.82) is 0 Å². The Morgan fingerprint density at radius 3 is 2.45 bits per heavy atom. The van der Waals surface area contributed by atoms with Gasteiger partial charge in [0.15, 0.2) is 5.16 Å². The second-order valence-electron chi connectivity index (χ2n) is 5.55. The summed E-state index contributed by atoms with van der Waals surface area (Å²) in [5, 5.41) is 1.44. The van der Waals surface area contributed by atoms with Crippen molar-refractivity contribution in [2.75, 3.05) is 13.6 Å². The first-order valence-electron chi connectivity index (χ1n) is 7.72. The van der Waals surface area contributed by atoms with Crippen LogP contribution in [-0.2, 0) is 13.0 Å². The Hall–Kier alpha value is -1.46. The maximum absolute atomic E-state index is 4.45. The standard InChI is InChI=1S/C17H24N4S/c1-4-14(2)22-17-19-11-16(12-20-17)13-21(3)10-7-15-5-8-18-9-6-15/h5-6,8-9,11-12,14H,4,7,10,13H2,1-3H3. The van der Waals surface area contributed by atoms with E-state index in [0.717, 1.165) is 36.7 Å². The van der Waals surface area contributed by atoms with Crippen LogP contribution in [0.4, 0.5) is 0 Å². The number of nitrogens with zero attached hydrogens (tertiary/aromatic N) is 4. The summed E-state index contributed by atoms with van der Waals surface area (Å²) < 4.78 is 0. The molecule has 2 rings (SSSR count). The molecular formula is C17H24N4S. The van der Waals surface area contributed by atoms with E-state index in [2.05, 4.69) is 52.9 Å². The van der Waals surface area contributed by atoms with Gasteiger partial charge in [-0.05, 0) is 37.6 Å². The Balaban J connectivity index is 1.80. The van der Waals surface area contributed by atoms with E-state index in [1.165, 1.54) is 5.56 Å². The minimum atomic E-state index is 0.564. The fourth-order valence-corrected chi connectivity index (χ4v) is 2.76. The number of pyridine rings is 1. The molecule has 2 aromatic rings. The molecule has 0 saturated carbocycles. The van der Waals surface area contributed by atoms with Gasteiger partial charge in [-0.3, -0.25) is 4.98 Å². The molecule has 118 valence electrons. The highest BCUT2D eigenvalue weighted by Crippen LogP contribution is 2.20. The molecule has 1 unspecified atom stereocenters. The monoisotopic (exact) mass is 316 g/mol. The first kappa shape index (κ1) is 16.9.